The number of phenols is 1. The molecule has 0 aliphatic carbocycles. The monoisotopic (exact) mass is 376 g/mol. The molecule has 3 aromatic rings. The van der Waals surface area contributed by atoms with Gasteiger partial charge in [-0.3, -0.25) is 0 Å². The van der Waals surface area contributed by atoms with Gasteiger partial charge in [-0.2, -0.15) is 0 Å². The zero-order valence-electron chi connectivity index (χ0n) is 15.0. The fraction of sp³-hybridized carbons (Fsp3) is 0.368. The molecule has 6 nitrogen and oxygen atoms in total. The number of rotatable bonds is 2. The maximum Gasteiger partial charge on any atom is 0.156 e. The molecule has 2 aromatic heterocycles. The summed E-state index contributed by atoms with van der Waals surface area (Å²) in [6, 6.07) is 7.27. The lowest BCUT2D eigenvalue weighted by Crippen LogP contribution is -2.30. The highest BCUT2D eigenvalue weighted by Crippen LogP contribution is 2.34. The van der Waals surface area contributed by atoms with E-state index in [1.54, 1.807) is 12.1 Å². The number of fused-ring (bicyclic) bond motifs is 1. The molecule has 1 aromatic carbocycles. The zero-order valence-corrected chi connectivity index (χ0v) is 15.9. The Morgan fingerprint density at radius 1 is 1.00 bits per heavy atom. The maximum absolute atomic E-state index is 9.52. The van der Waals surface area contributed by atoms with Crippen LogP contribution in [0.25, 0.3) is 22.3 Å². The molecule has 0 saturated carbocycles. The van der Waals surface area contributed by atoms with Crippen molar-refractivity contribution in [2.45, 2.75) is 33.1 Å². The first-order chi connectivity index (χ1) is 11.6. The molecule has 3 heterocycles. The summed E-state index contributed by atoms with van der Waals surface area (Å²) < 4.78 is 0. The van der Waals surface area contributed by atoms with Crippen LogP contribution in [-0.2, 0) is 0 Å². The van der Waals surface area contributed by atoms with Crippen molar-refractivity contribution < 1.29 is 10.6 Å². The minimum absolute atomic E-state index is 0. The van der Waals surface area contributed by atoms with E-state index >= 15 is 0 Å². The molecule has 0 atom stereocenters. The van der Waals surface area contributed by atoms with Gasteiger partial charge >= 0.3 is 0 Å². The van der Waals surface area contributed by atoms with Crippen LogP contribution in [-0.4, -0.2) is 38.6 Å². The van der Waals surface area contributed by atoms with Crippen molar-refractivity contribution in [1.82, 2.24) is 15.0 Å². The van der Waals surface area contributed by atoms with Crippen LogP contribution in [0.15, 0.2) is 24.3 Å². The Morgan fingerprint density at radius 2 is 1.65 bits per heavy atom. The second-order valence-electron chi connectivity index (χ2n) is 6.54. The third-order valence-corrected chi connectivity index (χ3v) is 4.79. The van der Waals surface area contributed by atoms with Crippen molar-refractivity contribution in [2.75, 3.05) is 18.0 Å². The summed E-state index contributed by atoms with van der Waals surface area (Å²) in [5, 5.41) is 9.52. The van der Waals surface area contributed by atoms with Crippen LogP contribution in [0.2, 0.25) is 0 Å². The Hall–Kier alpha value is -2.31. The lowest BCUT2D eigenvalue weighted by molar-refractivity contribution is 0.475. The van der Waals surface area contributed by atoms with Crippen molar-refractivity contribution >= 4 is 29.3 Å². The number of anilines is 1. The highest BCUT2D eigenvalue weighted by molar-refractivity contribution is 5.94. The number of phenolic OH excluding ortho intramolecular Hbond substituents is 1. The molecule has 4 N–H and O–H groups in total. The number of aromatic hydroxyl groups is 1. The number of aryl methyl sites for hydroxylation is 2. The van der Waals surface area contributed by atoms with E-state index in [9.17, 15) is 5.11 Å². The molecule has 0 unspecified atom stereocenters. The molecule has 1 aliphatic heterocycles. The van der Waals surface area contributed by atoms with Crippen LogP contribution in [0.1, 0.15) is 30.7 Å². The smallest absolute Gasteiger partial charge is 0.156 e. The minimum Gasteiger partial charge on any atom is -0.508 e. The molecule has 1 aliphatic rings. The third-order valence-electron chi connectivity index (χ3n) is 4.79. The largest absolute Gasteiger partial charge is 0.508 e. The van der Waals surface area contributed by atoms with Gasteiger partial charge in [-0.1, -0.05) is 0 Å². The Kier molecular flexibility index (Phi) is 6.10. The van der Waals surface area contributed by atoms with E-state index in [2.05, 4.69) is 21.8 Å². The molecule has 7 heteroatoms. The predicted octanol–water partition coefficient (Wildman–Crippen LogP) is 3.53. The number of H-pyrrole nitrogens is 1. The molecule has 0 amide bonds. The van der Waals surface area contributed by atoms with Crippen LogP contribution in [0.5, 0.6) is 5.75 Å². The molecule has 0 spiro atoms. The highest BCUT2D eigenvalue weighted by Gasteiger charge is 2.20. The van der Waals surface area contributed by atoms with E-state index in [0.717, 1.165) is 52.6 Å². The van der Waals surface area contributed by atoms with E-state index < -0.39 is 0 Å². The van der Waals surface area contributed by atoms with Gasteiger partial charge < -0.3 is 20.5 Å². The summed E-state index contributed by atoms with van der Waals surface area (Å²) in [4.78, 5) is 15.3. The predicted molar refractivity (Wildman–Crippen MR) is 107 cm³/mol. The Balaban J connectivity index is 0.00000121. The van der Waals surface area contributed by atoms with Gasteiger partial charge in [0.1, 0.15) is 17.1 Å². The second kappa shape index (κ2) is 7.93. The standard InChI is InChI=1S/C19H22N4O.ClH.H2O/c1-12-16(14-6-8-15(24)9-7-14)22-18-17(12)20-13(2)21-19(18)23-10-4-3-5-11-23;;/h6-9,22,24H,3-5,10-11H2,1-2H3;1H;1H2. The Labute approximate surface area is 159 Å². The summed E-state index contributed by atoms with van der Waals surface area (Å²) in [7, 11) is 0. The number of nitrogens with one attached hydrogen (secondary N) is 1. The molecular formula is C19H25ClN4O2. The van der Waals surface area contributed by atoms with E-state index in [1.807, 2.05) is 19.1 Å². The van der Waals surface area contributed by atoms with Crippen molar-refractivity contribution in [3.8, 4) is 17.0 Å². The van der Waals surface area contributed by atoms with E-state index in [1.165, 1.54) is 19.3 Å². The molecule has 1 saturated heterocycles. The van der Waals surface area contributed by atoms with Gasteiger partial charge in [-0.05, 0) is 62.9 Å². The summed E-state index contributed by atoms with van der Waals surface area (Å²) in [5.41, 5.74) is 5.22. The first-order valence-electron chi connectivity index (χ1n) is 8.55. The number of halogens is 1. The highest BCUT2D eigenvalue weighted by atomic mass is 35.5. The van der Waals surface area contributed by atoms with E-state index in [4.69, 9.17) is 4.98 Å². The zero-order chi connectivity index (χ0) is 16.7. The van der Waals surface area contributed by atoms with Gasteiger partial charge in [0.25, 0.3) is 0 Å². The van der Waals surface area contributed by atoms with Crippen molar-refractivity contribution in [1.29, 1.82) is 0 Å². The molecule has 140 valence electrons. The first kappa shape index (κ1) is 20.0. The number of piperidine rings is 1. The molecule has 4 rings (SSSR count). The number of aromatic nitrogens is 3. The Morgan fingerprint density at radius 3 is 2.31 bits per heavy atom. The van der Waals surface area contributed by atoms with Gasteiger partial charge in [0.05, 0.1) is 11.2 Å². The summed E-state index contributed by atoms with van der Waals surface area (Å²) in [5.74, 6) is 2.10. The molecule has 0 radical (unpaired) electrons. The van der Waals surface area contributed by atoms with Crippen LogP contribution in [0, 0.1) is 13.8 Å². The van der Waals surface area contributed by atoms with Gasteiger partial charge in [0.2, 0.25) is 0 Å². The molecular weight excluding hydrogens is 352 g/mol. The van der Waals surface area contributed by atoms with Crippen LogP contribution < -0.4 is 4.90 Å². The maximum atomic E-state index is 9.52. The average molecular weight is 377 g/mol. The normalized spacial score (nSPS) is 14.0. The number of nitrogens with zero attached hydrogens (tertiary/aromatic N) is 3. The fourth-order valence-corrected chi connectivity index (χ4v) is 3.53. The summed E-state index contributed by atoms with van der Waals surface area (Å²) in [6.45, 7) is 6.16. The molecule has 0 bridgehead atoms. The number of hydrogen-bond donors (Lipinski definition) is 2. The van der Waals surface area contributed by atoms with Crippen LogP contribution in [0.4, 0.5) is 5.82 Å². The van der Waals surface area contributed by atoms with Gasteiger partial charge in [-0.15, -0.1) is 12.4 Å². The van der Waals surface area contributed by atoms with Gasteiger partial charge in [0, 0.05) is 18.7 Å². The van der Waals surface area contributed by atoms with E-state index in [-0.39, 0.29) is 23.6 Å². The van der Waals surface area contributed by atoms with Crippen LogP contribution >= 0.6 is 12.4 Å². The van der Waals surface area contributed by atoms with Crippen molar-refractivity contribution in [2.24, 2.45) is 0 Å². The summed E-state index contributed by atoms with van der Waals surface area (Å²) >= 11 is 0. The Bertz CT molecular complexity index is 887. The first-order valence-corrected chi connectivity index (χ1v) is 8.55. The topological polar surface area (TPSA) is 96.5 Å². The number of hydrogen-bond acceptors (Lipinski definition) is 4. The number of aromatic amines is 1. The summed E-state index contributed by atoms with van der Waals surface area (Å²) in [6.07, 6.45) is 3.73. The fourth-order valence-electron chi connectivity index (χ4n) is 3.53. The van der Waals surface area contributed by atoms with Crippen molar-refractivity contribution in [3.63, 3.8) is 0 Å². The third kappa shape index (κ3) is 3.48. The molecule has 26 heavy (non-hydrogen) atoms. The average Bonchev–Trinajstić information content (AvgIpc) is 2.93. The second-order valence-corrected chi connectivity index (χ2v) is 6.54. The van der Waals surface area contributed by atoms with Gasteiger partial charge in [-0.25, -0.2) is 9.97 Å². The lowest BCUT2D eigenvalue weighted by atomic mass is 10.1. The SMILES string of the molecule is Cc1nc(N2CCCCC2)c2[nH]c(-c3ccc(O)cc3)c(C)c2n1.Cl.O. The lowest BCUT2D eigenvalue weighted by Gasteiger charge is -2.28. The van der Waals surface area contributed by atoms with Gasteiger partial charge in [0.15, 0.2) is 5.82 Å². The number of benzene rings is 1. The minimum atomic E-state index is 0. The van der Waals surface area contributed by atoms with E-state index in [0.29, 0.717) is 0 Å². The van der Waals surface area contributed by atoms with Crippen LogP contribution in [0.3, 0.4) is 0 Å². The van der Waals surface area contributed by atoms with Crippen molar-refractivity contribution in [3.05, 3.63) is 35.7 Å². The quantitative estimate of drug-likeness (QED) is 0.714. The molecule has 1 fully saturated rings.